The summed E-state index contributed by atoms with van der Waals surface area (Å²) < 4.78 is 5.22. The average Bonchev–Trinajstić information content (AvgIpc) is 2.33. The van der Waals surface area contributed by atoms with Crippen molar-refractivity contribution >= 4 is 5.97 Å². The van der Waals surface area contributed by atoms with E-state index in [1.807, 2.05) is 0 Å². The normalized spacial score (nSPS) is 16.9. The van der Waals surface area contributed by atoms with Gasteiger partial charge < -0.3 is 14.9 Å². The third-order valence-electron chi connectivity index (χ3n) is 2.67. The van der Waals surface area contributed by atoms with Gasteiger partial charge in [-0.25, -0.2) is 4.79 Å². The van der Waals surface area contributed by atoms with Gasteiger partial charge in [0.05, 0.1) is 24.5 Å². The molecule has 6 nitrogen and oxygen atoms in total. The molecule has 1 aliphatic heterocycles. The molecule has 6 heteroatoms. The molecule has 0 aromatic carbocycles. The predicted octanol–water partition coefficient (Wildman–Crippen LogP) is 0.318. The number of carbonyl (C=O) groups is 1. The van der Waals surface area contributed by atoms with E-state index in [9.17, 15) is 9.90 Å². The third kappa shape index (κ3) is 2.92. The Bertz CT molecular complexity index is 416. The number of carboxylic acids is 1. The lowest BCUT2D eigenvalue weighted by Gasteiger charge is -2.26. The zero-order valence-corrected chi connectivity index (χ0v) is 9.30. The molecule has 0 saturated carbocycles. The second-order valence-electron chi connectivity index (χ2n) is 3.88. The molecule has 2 heterocycles. The van der Waals surface area contributed by atoms with E-state index in [0.29, 0.717) is 25.5 Å². The second-order valence-corrected chi connectivity index (χ2v) is 3.88. The van der Waals surface area contributed by atoms with Gasteiger partial charge in [0.1, 0.15) is 5.75 Å². The van der Waals surface area contributed by atoms with Crippen LogP contribution in [0.2, 0.25) is 0 Å². The smallest absolute Gasteiger partial charge is 0.337 e. The van der Waals surface area contributed by atoms with E-state index < -0.39 is 5.97 Å². The summed E-state index contributed by atoms with van der Waals surface area (Å²) in [4.78, 5) is 16.8. The Morgan fingerprint density at radius 3 is 2.76 bits per heavy atom. The van der Waals surface area contributed by atoms with Crippen molar-refractivity contribution in [3.8, 4) is 5.75 Å². The number of hydrogen-bond acceptors (Lipinski definition) is 5. The van der Waals surface area contributed by atoms with Gasteiger partial charge in [-0.2, -0.15) is 0 Å². The van der Waals surface area contributed by atoms with Crippen LogP contribution in [0.15, 0.2) is 12.3 Å². The minimum Gasteiger partial charge on any atom is -0.506 e. The van der Waals surface area contributed by atoms with E-state index >= 15 is 0 Å². The number of aromatic nitrogens is 1. The van der Waals surface area contributed by atoms with Crippen molar-refractivity contribution in [1.82, 2.24) is 9.88 Å². The van der Waals surface area contributed by atoms with Gasteiger partial charge in [0.2, 0.25) is 0 Å². The van der Waals surface area contributed by atoms with Crippen LogP contribution in [0.3, 0.4) is 0 Å². The Kier molecular flexibility index (Phi) is 3.55. The number of aromatic hydroxyl groups is 1. The number of nitrogens with zero attached hydrogens (tertiary/aromatic N) is 2. The second kappa shape index (κ2) is 5.11. The molecule has 0 radical (unpaired) electrons. The molecule has 1 aromatic rings. The molecular weight excluding hydrogens is 224 g/mol. The summed E-state index contributed by atoms with van der Waals surface area (Å²) in [6, 6.07) is 1.23. The first-order chi connectivity index (χ1) is 8.16. The lowest BCUT2D eigenvalue weighted by Crippen LogP contribution is -2.35. The Hall–Kier alpha value is -1.66. The monoisotopic (exact) mass is 238 g/mol. The third-order valence-corrected chi connectivity index (χ3v) is 2.67. The molecule has 2 N–H and O–H groups in total. The molecule has 0 spiro atoms. The maximum atomic E-state index is 10.7. The van der Waals surface area contributed by atoms with E-state index in [1.54, 1.807) is 0 Å². The van der Waals surface area contributed by atoms with Crippen LogP contribution < -0.4 is 0 Å². The summed E-state index contributed by atoms with van der Waals surface area (Å²) >= 11 is 0. The largest absolute Gasteiger partial charge is 0.506 e. The highest BCUT2D eigenvalue weighted by Crippen LogP contribution is 2.18. The van der Waals surface area contributed by atoms with Gasteiger partial charge in [0.25, 0.3) is 0 Å². The van der Waals surface area contributed by atoms with Crippen LogP contribution >= 0.6 is 0 Å². The van der Waals surface area contributed by atoms with Crippen molar-refractivity contribution in [2.24, 2.45) is 0 Å². The summed E-state index contributed by atoms with van der Waals surface area (Å²) in [5.41, 5.74) is 0.491. The van der Waals surface area contributed by atoms with Crippen molar-refractivity contribution in [3.05, 3.63) is 23.5 Å². The minimum absolute atomic E-state index is 0.00627. The van der Waals surface area contributed by atoms with Gasteiger partial charge in [-0.05, 0) is 6.07 Å². The fraction of sp³-hybridized carbons (Fsp3) is 0.455. The van der Waals surface area contributed by atoms with Crippen molar-refractivity contribution < 1.29 is 19.7 Å². The maximum Gasteiger partial charge on any atom is 0.337 e. The van der Waals surface area contributed by atoms with Crippen LogP contribution in [0.25, 0.3) is 0 Å². The van der Waals surface area contributed by atoms with Gasteiger partial charge in [0.15, 0.2) is 0 Å². The molecule has 0 amide bonds. The average molecular weight is 238 g/mol. The fourth-order valence-electron chi connectivity index (χ4n) is 1.69. The lowest BCUT2D eigenvalue weighted by atomic mass is 10.2. The SMILES string of the molecule is O=C(O)c1cnc(CN2CCOCC2)c(O)c1. The van der Waals surface area contributed by atoms with Crippen molar-refractivity contribution in [2.45, 2.75) is 6.54 Å². The molecule has 92 valence electrons. The number of carboxylic acid groups (broad SMARTS) is 1. The van der Waals surface area contributed by atoms with Crippen LogP contribution in [0.1, 0.15) is 16.1 Å². The Morgan fingerprint density at radius 1 is 1.47 bits per heavy atom. The Labute approximate surface area is 98.5 Å². The van der Waals surface area contributed by atoms with E-state index in [0.717, 1.165) is 13.1 Å². The first-order valence-electron chi connectivity index (χ1n) is 5.38. The molecule has 2 rings (SSSR count). The molecule has 0 bridgehead atoms. The number of aromatic carboxylic acids is 1. The van der Waals surface area contributed by atoms with Crippen LogP contribution in [-0.4, -0.2) is 52.4 Å². The fourth-order valence-corrected chi connectivity index (χ4v) is 1.69. The summed E-state index contributed by atoms with van der Waals surface area (Å²) in [7, 11) is 0. The van der Waals surface area contributed by atoms with Crippen LogP contribution in [0.4, 0.5) is 0 Å². The molecule has 0 unspecified atom stereocenters. The molecule has 1 aliphatic rings. The Balaban J connectivity index is 2.08. The number of pyridine rings is 1. The lowest BCUT2D eigenvalue weighted by molar-refractivity contribution is 0.0333. The van der Waals surface area contributed by atoms with E-state index in [2.05, 4.69) is 9.88 Å². The molecule has 17 heavy (non-hydrogen) atoms. The highest BCUT2D eigenvalue weighted by Gasteiger charge is 2.15. The standard InChI is InChI=1S/C11H14N2O4/c14-10-5-8(11(15)16)6-12-9(10)7-13-1-3-17-4-2-13/h5-6,14H,1-4,7H2,(H,15,16). The number of ether oxygens (including phenoxy) is 1. The number of rotatable bonds is 3. The summed E-state index contributed by atoms with van der Waals surface area (Å²) in [5.74, 6) is -1.16. The molecule has 1 saturated heterocycles. The Morgan fingerprint density at radius 2 is 2.18 bits per heavy atom. The van der Waals surface area contributed by atoms with Gasteiger partial charge in [0, 0.05) is 25.8 Å². The first-order valence-corrected chi connectivity index (χ1v) is 5.38. The summed E-state index contributed by atoms with van der Waals surface area (Å²) in [6.07, 6.45) is 1.26. The molecular formula is C11H14N2O4. The summed E-state index contributed by atoms with van der Waals surface area (Å²) in [6.45, 7) is 3.45. The topological polar surface area (TPSA) is 82.9 Å². The molecule has 1 aromatic heterocycles. The highest BCUT2D eigenvalue weighted by atomic mass is 16.5. The van der Waals surface area contributed by atoms with Gasteiger partial charge in [-0.15, -0.1) is 0 Å². The van der Waals surface area contributed by atoms with Gasteiger partial charge in [-0.3, -0.25) is 9.88 Å². The number of morpholine rings is 1. The highest BCUT2D eigenvalue weighted by molar-refractivity contribution is 5.87. The van der Waals surface area contributed by atoms with Crippen LogP contribution in [0, 0.1) is 0 Å². The first kappa shape index (κ1) is 11.8. The van der Waals surface area contributed by atoms with E-state index in [-0.39, 0.29) is 11.3 Å². The molecule has 1 fully saturated rings. The quantitative estimate of drug-likeness (QED) is 0.789. The number of hydrogen-bond donors (Lipinski definition) is 2. The van der Waals surface area contributed by atoms with Crippen molar-refractivity contribution in [1.29, 1.82) is 0 Å². The maximum absolute atomic E-state index is 10.7. The minimum atomic E-state index is -1.09. The van der Waals surface area contributed by atoms with Crippen molar-refractivity contribution in [2.75, 3.05) is 26.3 Å². The summed E-state index contributed by atoms with van der Waals surface area (Å²) in [5, 5.41) is 18.4. The van der Waals surface area contributed by atoms with Gasteiger partial charge in [-0.1, -0.05) is 0 Å². The molecule has 0 aliphatic carbocycles. The zero-order chi connectivity index (χ0) is 12.3. The van der Waals surface area contributed by atoms with E-state index in [1.165, 1.54) is 12.3 Å². The van der Waals surface area contributed by atoms with Gasteiger partial charge >= 0.3 is 5.97 Å². The zero-order valence-electron chi connectivity index (χ0n) is 9.30. The van der Waals surface area contributed by atoms with Crippen LogP contribution in [-0.2, 0) is 11.3 Å². The van der Waals surface area contributed by atoms with Crippen LogP contribution in [0.5, 0.6) is 5.75 Å². The van der Waals surface area contributed by atoms with E-state index in [4.69, 9.17) is 9.84 Å². The predicted molar refractivity (Wildman–Crippen MR) is 59.0 cm³/mol. The molecule has 0 atom stereocenters. The van der Waals surface area contributed by atoms with Crippen molar-refractivity contribution in [3.63, 3.8) is 0 Å².